The highest BCUT2D eigenvalue weighted by Gasteiger charge is 2.11. The minimum atomic E-state index is -0.453. The Morgan fingerprint density at radius 1 is 1.30 bits per heavy atom. The van der Waals surface area contributed by atoms with Crippen molar-refractivity contribution in [1.29, 1.82) is 0 Å². The molecule has 104 valence electrons. The van der Waals surface area contributed by atoms with Crippen LogP contribution in [0.2, 0.25) is 0 Å². The molecular formula is C14H11BrFNO3. The highest BCUT2D eigenvalue weighted by Crippen LogP contribution is 2.26. The van der Waals surface area contributed by atoms with Crippen LogP contribution >= 0.6 is 15.9 Å². The Balaban J connectivity index is 2.24. The van der Waals surface area contributed by atoms with E-state index in [1.165, 1.54) is 25.3 Å². The zero-order valence-electron chi connectivity index (χ0n) is 10.8. The fraction of sp³-hybridized carbons (Fsp3) is 0.143. The van der Waals surface area contributed by atoms with E-state index in [4.69, 9.17) is 4.74 Å². The number of esters is 1. The summed E-state index contributed by atoms with van der Waals surface area (Å²) in [6, 6.07) is 7.40. The van der Waals surface area contributed by atoms with Crippen LogP contribution in [0.3, 0.4) is 0 Å². The molecule has 2 aromatic rings. The topological polar surface area (TPSA) is 48.4 Å². The van der Waals surface area contributed by atoms with Gasteiger partial charge in [-0.05, 0) is 47.1 Å². The fourth-order valence-electron chi connectivity index (χ4n) is 1.58. The molecule has 0 aliphatic carbocycles. The summed E-state index contributed by atoms with van der Waals surface area (Å²) >= 11 is 3.08. The zero-order valence-corrected chi connectivity index (χ0v) is 12.4. The second-order valence-corrected chi connectivity index (χ2v) is 4.81. The maximum absolute atomic E-state index is 13.1. The van der Waals surface area contributed by atoms with Crippen LogP contribution in [0.15, 0.2) is 34.8 Å². The molecule has 0 unspecified atom stereocenters. The molecule has 0 atom stereocenters. The normalized spacial score (nSPS) is 10.2. The van der Waals surface area contributed by atoms with Gasteiger partial charge in [0.2, 0.25) is 5.88 Å². The minimum Gasteiger partial charge on any atom is -0.465 e. The molecule has 0 aliphatic rings. The molecule has 20 heavy (non-hydrogen) atoms. The lowest BCUT2D eigenvalue weighted by molar-refractivity contribution is 0.0599. The van der Waals surface area contributed by atoms with Crippen LogP contribution in [0, 0.1) is 12.7 Å². The van der Waals surface area contributed by atoms with Gasteiger partial charge < -0.3 is 9.47 Å². The number of pyridine rings is 1. The zero-order chi connectivity index (χ0) is 14.7. The number of aryl methyl sites for hydroxylation is 1. The van der Waals surface area contributed by atoms with E-state index in [0.29, 0.717) is 27.4 Å². The summed E-state index contributed by atoms with van der Waals surface area (Å²) in [5.74, 6) is -0.0711. The third kappa shape index (κ3) is 3.14. The SMILES string of the molecule is COC(=O)c1ccc(Oc2ccc(F)c(Br)c2)nc1C. The first-order chi connectivity index (χ1) is 9.51. The van der Waals surface area contributed by atoms with Crippen LogP contribution in [-0.2, 0) is 4.74 Å². The van der Waals surface area contributed by atoms with Gasteiger partial charge in [-0.15, -0.1) is 0 Å². The molecule has 0 spiro atoms. The van der Waals surface area contributed by atoms with Gasteiger partial charge in [-0.1, -0.05) is 0 Å². The van der Waals surface area contributed by atoms with Crippen molar-refractivity contribution in [2.45, 2.75) is 6.92 Å². The van der Waals surface area contributed by atoms with Crippen LogP contribution in [0.25, 0.3) is 0 Å². The molecule has 0 aliphatic heterocycles. The number of hydrogen-bond acceptors (Lipinski definition) is 4. The van der Waals surface area contributed by atoms with E-state index in [2.05, 4.69) is 25.7 Å². The Labute approximate surface area is 123 Å². The molecule has 1 aromatic carbocycles. The molecule has 1 aromatic heterocycles. The second-order valence-electron chi connectivity index (χ2n) is 3.95. The number of carbonyl (C=O) groups excluding carboxylic acids is 1. The molecule has 0 fully saturated rings. The van der Waals surface area contributed by atoms with Crippen molar-refractivity contribution < 1.29 is 18.7 Å². The summed E-state index contributed by atoms with van der Waals surface area (Å²) < 4.78 is 23.6. The van der Waals surface area contributed by atoms with Gasteiger partial charge in [-0.2, -0.15) is 0 Å². The van der Waals surface area contributed by atoms with Gasteiger partial charge in [0.25, 0.3) is 0 Å². The number of aromatic nitrogens is 1. The van der Waals surface area contributed by atoms with E-state index in [1.54, 1.807) is 19.1 Å². The Morgan fingerprint density at radius 2 is 2.05 bits per heavy atom. The summed E-state index contributed by atoms with van der Waals surface area (Å²) in [4.78, 5) is 15.6. The molecule has 0 amide bonds. The average molecular weight is 340 g/mol. The number of halogens is 2. The highest BCUT2D eigenvalue weighted by atomic mass is 79.9. The number of carbonyl (C=O) groups is 1. The molecule has 0 radical (unpaired) electrons. The van der Waals surface area contributed by atoms with Crippen LogP contribution in [0.4, 0.5) is 4.39 Å². The van der Waals surface area contributed by atoms with E-state index in [1.807, 2.05) is 0 Å². The van der Waals surface area contributed by atoms with Crippen molar-refractivity contribution in [3.8, 4) is 11.6 Å². The monoisotopic (exact) mass is 339 g/mol. The van der Waals surface area contributed by atoms with Gasteiger partial charge in [-0.3, -0.25) is 0 Å². The van der Waals surface area contributed by atoms with E-state index in [9.17, 15) is 9.18 Å². The number of methoxy groups -OCH3 is 1. The lowest BCUT2D eigenvalue weighted by Crippen LogP contribution is -2.05. The summed E-state index contributed by atoms with van der Waals surface area (Å²) in [6.45, 7) is 1.68. The fourth-order valence-corrected chi connectivity index (χ4v) is 1.94. The Kier molecular flexibility index (Phi) is 4.34. The van der Waals surface area contributed by atoms with Crippen LogP contribution in [0.5, 0.6) is 11.6 Å². The largest absolute Gasteiger partial charge is 0.465 e. The van der Waals surface area contributed by atoms with Crippen LogP contribution < -0.4 is 4.74 Å². The molecule has 0 bridgehead atoms. The van der Waals surface area contributed by atoms with Gasteiger partial charge in [0.15, 0.2) is 0 Å². The molecule has 1 heterocycles. The third-order valence-electron chi connectivity index (χ3n) is 2.58. The molecule has 0 N–H and O–H groups in total. The summed E-state index contributed by atoms with van der Waals surface area (Å²) in [5, 5.41) is 0. The Hall–Kier alpha value is -1.95. The average Bonchev–Trinajstić information content (AvgIpc) is 2.42. The molecule has 4 nitrogen and oxygen atoms in total. The van der Waals surface area contributed by atoms with E-state index in [-0.39, 0.29) is 5.82 Å². The predicted molar refractivity (Wildman–Crippen MR) is 74.5 cm³/mol. The van der Waals surface area contributed by atoms with E-state index < -0.39 is 5.97 Å². The highest BCUT2D eigenvalue weighted by molar-refractivity contribution is 9.10. The quantitative estimate of drug-likeness (QED) is 0.796. The van der Waals surface area contributed by atoms with E-state index >= 15 is 0 Å². The van der Waals surface area contributed by atoms with Crippen LogP contribution in [0.1, 0.15) is 16.1 Å². The first-order valence-electron chi connectivity index (χ1n) is 5.70. The summed E-state index contributed by atoms with van der Waals surface area (Å²) in [6.07, 6.45) is 0. The first-order valence-corrected chi connectivity index (χ1v) is 6.49. The molecule has 2 rings (SSSR count). The number of benzene rings is 1. The number of ether oxygens (including phenoxy) is 2. The van der Waals surface area contributed by atoms with Crippen molar-refractivity contribution in [2.24, 2.45) is 0 Å². The second kappa shape index (κ2) is 6.00. The van der Waals surface area contributed by atoms with Crippen molar-refractivity contribution in [2.75, 3.05) is 7.11 Å². The number of rotatable bonds is 3. The van der Waals surface area contributed by atoms with Gasteiger partial charge in [0, 0.05) is 6.07 Å². The number of nitrogens with zero attached hydrogens (tertiary/aromatic N) is 1. The number of hydrogen-bond donors (Lipinski definition) is 0. The third-order valence-corrected chi connectivity index (χ3v) is 3.19. The van der Waals surface area contributed by atoms with Crippen molar-refractivity contribution in [3.63, 3.8) is 0 Å². The lowest BCUT2D eigenvalue weighted by Gasteiger charge is -2.08. The summed E-state index contributed by atoms with van der Waals surface area (Å²) in [7, 11) is 1.31. The molecule has 0 saturated heterocycles. The Bertz CT molecular complexity index is 661. The van der Waals surface area contributed by atoms with Crippen molar-refractivity contribution in [3.05, 3.63) is 51.9 Å². The van der Waals surface area contributed by atoms with Crippen molar-refractivity contribution >= 4 is 21.9 Å². The standard InChI is InChI=1S/C14H11BrFNO3/c1-8-10(14(18)19-2)4-6-13(17-8)20-9-3-5-12(16)11(15)7-9/h3-7H,1-2H3. The van der Waals surface area contributed by atoms with Gasteiger partial charge in [0.05, 0.1) is 22.8 Å². The lowest BCUT2D eigenvalue weighted by atomic mass is 10.2. The Morgan fingerprint density at radius 3 is 2.65 bits per heavy atom. The molecular weight excluding hydrogens is 329 g/mol. The van der Waals surface area contributed by atoms with Crippen molar-refractivity contribution in [1.82, 2.24) is 4.98 Å². The van der Waals surface area contributed by atoms with Gasteiger partial charge in [-0.25, -0.2) is 14.2 Å². The van der Waals surface area contributed by atoms with E-state index in [0.717, 1.165) is 0 Å². The smallest absolute Gasteiger partial charge is 0.339 e. The molecule has 0 saturated carbocycles. The minimum absolute atomic E-state index is 0.304. The van der Waals surface area contributed by atoms with Gasteiger partial charge >= 0.3 is 5.97 Å². The maximum Gasteiger partial charge on any atom is 0.339 e. The van der Waals surface area contributed by atoms with Gasteiger partial charge in [0.1, 0.15) is 11.6 Å². The maximum atomic E-state index is 13.1. The summed E-state index contributed by atoms with van der Waals surface area (Å²) in [5.41, 5.74) is 0.871. The van der Waals surface area contributed by atoms with Crippen LogP contribution in [-0.4, -0.2) is 18.1 Å². The predicted octanol–water partition coefficient (Wildman–Crippen LogP) is 3.87. The first kappa shape index (κ1) is 14.5. The molecule has 6 heteroatoms.